The zero-order valence-corrected chi connectivity index (χ0v) is 27.0. The highest BCUT2D eigenvalue weighted by molar-refractivity contribution is 5.89. The van der Waals surface area contributed by atoms with E-state index >= 15 is 0 Å². The molecule has 5 saturated carbocycles. The van der Waals surface area contributed by atoms with Crippen LogP contribution in [0.2, 0.25) is 0 Å². The number of aliphatic hydroxyl groups excluding tert-OH is 1. The standard InChI is InChI=1S/C34H47NO10/c1-7-35-16-31(17-40-3)21(37)13-22(41-4)34-20-14-32(39)23(42-5)15-33(45-18(2)36,25(28(34)35)26(43-6)27(31)34)24(20)29(32)44-30(38)19-11-9-8-10-12-19/h8-12,20-29,37,39H,7,13-17H2,1-6H3/t20-,21-,22?,23+,24-,25?,26+,27-,28?,29-,31+,32-,33-,34?/m1/s1. The molecule has 1 aromatic rings. The molecule has 0 amide bonds. The van der Waals surface area contributed by atoms with Crippen molar-refractivity contribution < 1.29 is 48.2 Å². The van der Waals surface area contributed by atoms with Gasteiger partial charge in [-0.25, -0.2) is 4.79 Å². The molecule has 5 aliphatic carbocycles. The molecule has 11 nitrogen and oxygen atoms in total. The van der Waals surface area contributed by atoms with Gasteiger partial charge in [-0.2, -0.15) is 0 Å². The third-order valence-electron chi connectivity index (χ3n) is 13.1. The summed E-state index contributed by atoms with van der Waals surface area (Å²) < 4.78 is 37.9. The highest BCUT2D eigenvalue weighted by Crippen LogP contribution is 2.80. The first kappa shape index (κ1) is 31.5. The van der Waals surface area contributed by atoms with Crippen molar-refractivity contribution in [3.05, 3.63) is 35.9 Å². The Labute approximate surface area is 264 Å². The summed E-state index contributed by atoms with van der Waals surface area (Å²) >= 11 is 0. The zero-order chi connectivity index (χ0) is 32.1. The monoisotopic (exact) mass is 629 g/mol. The van der Waals surface area contributed by atoms with Gasteiger partial charge in [0.2, 0.25) is 0 Å². The van der Waals surface area contributed by atoms with E-state index in [1.165, 1.54) is 6.92 Å². The third-order valence-corrected chi connectivity index (χ3v) is 13.1. The summed E-state index contributed by atoms with van der Waals surface area (Å²) in [6.07, 6.45) is -2.55. The largest absolute Gasteiger partial charge is 0.458 e. The minimum atomic E-state index is -1.55. The van der Waals surface area contributed by atoms with Gasteiger partial charge in [0.1, 0.15) is 17.3 Å². The number of piperidine rings is 1. The number of rotatable bonds is 9. The Hall–Kier alpha value is -2.12. The van der Waals surface area contributed by atoms with Crippen LogP contribution in [-0.2, 0) is 33.2 Å². The van der Waals surface area contributed by atoms with E-state index < -0.39 is 76.3 Å². The van der Waals surface area contributed by atoms with Gasteiger partial charge in [0.25, 0.3) is 0 Å². The van der Waals surface area contributed by atoms with Crippen molar-refractivity contribution >= 4 is 11.9 Å². The van der Waals surface area contributed by atoms with E-state index in [9.17, 15) is 19.8 Å². The molecule has 14 atom stereocenters. The second-order valence-corrected chi connectivity index (χ2v) is 14.4. The van der Waals surface area contributed by atoms with Gasteiger partial charge in [-0.1, -0.05) is 25.1 Å². The first-order chi connectivity index (χ1) is 21.5. The molecule has 248 valence electrons. The highest BCUT2D eigenvalue weighted by atomic mass is 16.6. The quantitative estimate of drug-likeness (QED) is 0.387. The first-order valence-electron chi connectivity index (χ1n) is 16.2. The van der Waals surface area contributed by atoms with Crippen LogP contribution in [0, 0.1) is 34.5 Å². The first-order valence-corrected chi connectivity index (χ1v) is 16.2. The molecule has 2 N–H and O–H groups in total. The van der Waals surface area contributed by atoms with Crippen molar-refractivity contribution in [2.75, 3.05) is 48.1 Å². The topological polar surface area (TPSA) is 133 Å². The number of benzene rings is 1. The molecule has 0 radical (unpaired) electrons. The Morgan fingerprint density at radius 3 is 2.31 bits per heavy atom. The second-order valence-electron chi connectivity index (χ2n) is 14.4. The summed E-state index contributed by atoms with van der Waals surface area (Å²) in [5.74, 6) is -2.55. The van der Waals surface area contributed by atoms with Crippen molar-refractivity contribution in [2.24, 2.45) is 34.5 Å². The number of carbonyl (C=O) groups is 2. The molecule has 6 fully saturated rings. The van der Waals surface area contributed by atoms with Crippen LogP contribution < -0.4 is 0 Å². The number of fused-ring (bicyclic) bond motifs is 2. The molecule has 1 saturated heterocycles. The van der Waals surface area contributed by atoms with Crippen LogP contribution in [0.1, 0.15) is 43.5 Å². The molecule has 6 aliphatic rings. The smallest absolute Gasteiger partial charge is 0.338 e. The number of hydrogen-bond acceptors (Lipinski definition) is 11. The molecule has 11 heteroatoms. The van der Waals surface area contributed by atoms with Crippen molar-refractivity contribution in [3.63, 3.8) is 0 Å². The summed E-state index contributed by atoms with van der Waals surface area (Å²) in [7, 11) is 6.58. The SMILES string of the molecule is CCN1C[C@]2(COC)[C@H](O)CC(OC)C34C1C([C@H](OC)[C@@H]32)[C@@]1(OC(C)=O)C[C@H](OC)[C@]2(O)C[C@@H]4[C@@H]1[C@H]2OC(=O)c1ccccc1. The fourth-order valence-electron chi connectivity index (χ4n) is 12.2. The van der Waals surface area contributed by atoms with Crippen LogP contribution in [-0.4, -0.2) is 123 Å². The lowest BCUT2D eigenvalue weighted by atomic mass is 9.42. The van der Waals surface area contributed by atoms with Crippen LogP contribution >= 0.6 is 0 Å². The fraction of sp³-hybridized carbons (Fsp3) is 0.765. The van der Waals surface area contributed by atoms with Crippen LogP contribution in [0.3, 0.4) is 0 Å². The lowest BCUT2D eigenvalue weighted by Crippen LogP contribution is -2.79. The Morgan fingerprint density at radius 2 is 1.71 bits per heavy atom. The summed E-state index contributed by atoms with van der Waals surface area (Å²) in [5, 5.41) is 24.8. The number of likely N-dealkylation sites (tertiary alicyclic amines) is 1. The summed E-state index contributed by atoms with van der Waals surface area (Å²) in [6.45, 7) is 5.08. The van der Waals surface area contributed by atoms with Crippen molar-refractivity contribution in [2.45, 2.75) is 80.9 Å². The van der Waals surface area contributed by atoms with Crippen LogP contribution in [0.5, 0.6) is 0 Å². The minimum absolute atomic E-state index is 0.163. The average Bonchev–Trinajstić information content (AvgIpc) is 3.40. The molecule has 1 spiro atoms. The van der Waals surface area contributed by atoms with Gasteiger partial charge in [0.15, 0.2) is 0 Å². The van der Waals surface area contributed by atoms with Gasteiger partial charge >= 0.3 is 11.9 Å². The number of hydrogen-bond donors (Lipinski definition) is 2. The van der Waals surface area contributed by atoms with Crippen molar-refractivity contribution in [1.82, 2.24) is 4.90 Å². The molecular weight excluding hydrogens is 582 g/mol. The second kappa shape index (κ2) is 10.7. The molecule has 7 bridgehead atoms. The summed E-state index contributed by atoms with van der Waals surface area (Å²) in [5.41, 5.74) is -3.74. The van der Waals surface area contributed by atoms with Crippen LogP contribution in [0.25, 0.3) is 0 Å². The van der Waals surface area contributed by atoms with E-state index in [0.717, 1.165) is 0 Å². The number of esters is 2. The van der Waals surface area contributed by atoms with E-state index in [4.69, 9.17) is 28.4 Å². The van der Waals surface area contributed by atoms with Crippen LogP contribution in [0.15, 0.2) is 30.3 Å². The van der Waals surface area contributed by atoms with Gasteiger partial charge in [-0.15, -0.1) is 0 Å². The van der Waals surface area contributed by atoms with Gasteiger partial charge in [0, 0.05) is 89.4 Å². The maximum atomic E-state index is 13.7. The molecule has 7 rings (SSSR count). The Kier molecular flexibility index (Phi) is 7.48. The molecule has 1 aromatic carbocycles. The van der Waals surface area contributed by atoms with Gasteiger partial charge in [-0.3, -0.25) is 9.69 Å². The molecule has 1 aliphatic heterocycles. The number of ether oxygens (including phenoxy) is 6. The number of carbonyl (C=O) groups excluding carboxylic acids is 2. The van der Waals surface area contributed by atoms with E-state index in [1.54, 1.807) is 52.7 Å². The minimum Gasteiger partial charge on any atom is -0.458 e. The van der Waals surface area contributed by atoms with E-state index in [2.05, 4.69) is 11.8 Å². The van der Waals surface area contributed by atoms with E-state index in [-0.39, 0.29) is 30.7 Å². The van der Waals surface area contributed by atoms with Crippen LogP contribution in [0.4, 0.5) is 0 Å². The Morgan fingerprint density at radius 1 is 1.00 bits per heavy atom. The van der Waals surface area contributed by atoms with Gasteiger partial charge < -0.3 is 38.6 Å². The molecule has 4 unspecified atom stereocenters. The third kappa shape index (κ3) is 3.72. The molecule has 1 heterocycles. The maximum Gasteiger partial charge on any atom is 0.338 e. The zero-order valence-electron chi connectivity index (χ0n) is 27.0. The number of nitrogens with zero attached hydrogens (tertiary/aromatic N) is 1. The average molecular weight is 630 g/mol. The molecule has 0 aromatic heterocycles. The number of methoxy groups -OCH3 is 4. The van der Waals surface area contributed by atoms with Crippen molar-refractivity contribution in [3.8, 4) is 0 Å². The lowest BCUT2D eigenvalue weighted by Gasteiger charge is -2.70. The number of aliphatic hydroxyl groups is 2. The normalized spacial score (nSPS) is 49.1. The summed E-state index contributed by atoms with van der Waals surface area (Å²) in [6, 6.07) is 8.56. The Bertz CT molecular complexity index is 1330. The van der Waals surface area contributed by atoms with E-state index in [0.29, 0.717) is 31.7 Å². The fourth-order valence-corrected chi connectivity index (χ4v) is 12.2. The van der Waals surface area contributed by atoms with Crippen molar-refractivity contribution in [1.29, 1.82) is 0 Å². The van der Waals surface area contributed by atoms with Gasteiger partial charge in [0.05, 0.1) is 36.6 Å². The predicted molar refractivity (Wildman–Crippen MR) is 159 cm³/mol. The maximum absolute atomic E-state index is 13.7. The van der Waals surface area contributed by atoms with E-state index in [1.807, 2.05) is 6.07 Å². The molecular formula is C34H47NO10. The predicted octanol–water partition coefficient (Wildman–Crippen LogP) is 1.68. The lowest BCUT2D eigenvalue weighted by molar-refractivity contribution is -0.300. The summed E-state index contributed by atoms with van der Waals surface area (Å²) in [4.78, 5) is 29.3. The highest BCUT2D eigenvalue weighted by Gasteiger charge is 2.90. The van der Waals surface area contributed by atoms with Gasteiger partial charge in [-0.05, 0) is 31.0 Å². The Balaban J connectivity index is 1.50. The molecule has 45 heavy (non-hydrogen) atoms.